The van der Waals surface area contributed by atoms with Gasteiger partial charge in [0.25, 0.3) is 0 Å². The normalized spacial score (nSPS) is 11.6. The minimum Gasteiger partial charge on any atom is -0.455 e. The molecule has 258 valence electrons. The van der Waals surface area contributed by atoms with Gasteiger partial charge in [0.15, 0.2) is 5.58 Å². The quantitative estimate of drug-likeness (QED) is 0.173. The fourth-order valence-corrected chi connectivity index (χ4v) is 8.11. The smallest absolute Gasteiger partial charge is 0.231 e. The van der Waals surface area contributed by atoms with Crippen LogP contribution in [0.25, 0.3) is 88.3 Å². The molecule has 0 aliphatic heterocycles. The van der Waals surface area contributed by atoms with E-state index in [0.717, 1.165) is 82.9 Å². The Morgan fingerprint density at radius 3 is 1.87 bits per heavy atom. The SMILES string of the molecule is c1ccc(-c2ccc(N(c3ccccc3)c3ccc(-c4ccc5oc6c(-c7nc8ccccc8o7)cc7ccccc7c6c5c4)c4ccccc34)cc2)cc1. The van der Waals surface area contributed by atoms with E-state index in [2.05, 4.69) is 175 Å². The van der Waals surface area contributed by atoms with Crippen LogP contribution in [0.3, 0.4) is 0 Å². The number of benzene rings is 9. The van der Waals surface area contributed by atoms with Gasteiger partial charge in [0.1, 0.15) is 16.7 Å². The summed E-state index contributed by atoms with van der Waals surface area (Å²) in [5.74, 6) is 0.551. The van der Waals surface area contributed by atoms with E-state index < -0.39 is 0 Å². The topological polar surface area (TPSA) is 42.4 Å². The summed E-state index contributed by atoms with van der Waals surface area (Å²) in [6.07, 6.45) is 0. The summed E-state index contributed by atoms with van der Waals surface area (Å²) in [5, 5.41) is 6.68. The van der Waals surface area contributed by atoms with Crippen molar-refractivity contribution >= 4 is 71.6 Å². The van der Waals surface area contributed by atoms with Gasteiger partial charge in [0.05, 0.1) is 11.3 Å². The molecular weight excluding hydrogens is 673 g/mol. The molecular formula is C51H32N2O2. The van der Waals surface area contributed by atoms with E-state index in [0.29, 0.717) is 5.89 Å². The summed E-state index contributed by atoms with van der Waals surface area (Å²) in [6, 6.07) is 68.2. The molecule has 0 spiro atoms. The number of rotatable bonds is 6. The largest absolute Gasteiger partial charge is 0.455 e. The molecule has 0 unspecified atom stereocenters. The number of aromatic nitrogens is 1. The molecule has 4 heteroatoms. The minimum absolute atomic E-state index is 0.551. The highest BCUT2D eigenvalue weighted by Crippen LogP contribution is 2.45. The van der Waals surface area contributed by atoms with E-state index in [1.807, 2.05) is 24.3 Å². The molecule has 0 N–H and O–H groups in total. The van der Waals surface area contributed by atoms with Crippen molar-refractivity contribution < 1.29 is 8.83 Å². The van der Waals surface area contributed by atoms with E-state index in [-0.39, 0.29) is 0 Å². The van der Waals surface area contributed by atoms with E-state index in [9.17, 15) is 0 Å². The Morgan fingerprint density at radius 2 is 1.05 bits per heavy atom. The summed E-state index contributed by atoms with van der Waals surface area (Å²) >= 11 is 0. The van der Waals surface area contributed by atoms with E-state index in [1.165, 1.54) is 16.5 Å². The third-order valence-electron chi connectivity index (χ3n) is 10.7. The molecule has 0 radical (unpaired) electrons. The molecule has 0 aliphatic carbocycles. The molecule has 11 rings (SSSR count). The Balaban J connectivity index is 1.08. The van der Waals surface area contributed by atoms with Crippen LogP contribution < -0.4 is 4.90 Å². The predicted molar refractivity (Wildman–Crippen MR) is 227 cm³/mol. The first-order valence-electron chi connectivity index (χ1n) is 18.5. The number of nitrogens with zero attached hydrogens (tertiary/aromatic N) is 2. The molecule has 4 nitrogen and oxygen atoms in total. The molecule has 0 fully saturated rings. The van der Waals surface area contributed by atoms with E-state index in [4.69, 9.17) is 13.8 Å². The Bertz CT molecular complexity index is 3170. The van der Waals surface area contributed by atoms with Gasteiger partial charge in [0.2, 0.25) is 5.89 Å². The average molecular weight is 705 g/mol. The Morgan fingerprint density at radius 1 is 0.400 bits per heavy atom. The molecule has 11 aromatic rings. The summed E-state index contributed by atoms with van der Waals surface area (Å²) in [4.78, 5) is 7.22. The van der Waals surface area contributed by atoms with Crippen LogP contribution in [-0.2, 0) is 0 Å². The zero-order chi connectivity index (χ0) is 36.3. The minimum atomic E-state index is 0.551. The van der Waals surface area contributed by atoms with Crippen LogP contribution >= 0.6 is 0 Å². The van der Waals surface area contributed by atoms with Gasteiger partial charge in [0, 0.05) is 27.5 Å². The zero-order valence-electron chi connectivity index (χ0n) is 29.7. The summed E-state index contributed by atoms with van der Waals surface area (Å²) < 4.78 is 13.0. The van der Waals surface area contributed by atoms with Gasteiger partial charge in [-0.2, -0.15) is 0 Å². The van der Waals surface area contributed by atoms with Crippen LogP contribution in [0.5, 0.6) is 0 Å². The van der Waals surface area contributed by atoms with Crippen molar-refractivity contribution in [2.45, 2.75) is 0 Å². The summed E-state index contributed by atoms with van der Waals surface area (Å²) in [7, 11) is 0. The van der Waals surface area contributed by atoms with E-state index in [1.54, 1.807) is 0 Å². The van der Waals surface area contributed by atoms with E-state index >= 15 is 0 Å². The van der Waals surface area contributed by atoms with Crippen molar-refractivity contribution in [2.24, 2.45) is 0 Å². The number of anilines is 3. The van der Waals surface area contributed by atoms with Gasteiger partial charge in [-0.25, -0.2) is 4.98 Å². The van der Waals surface area contributed by atoms with Gasteiger partial charge < -0.3 is 13.7 Å². The molecule has 2 heterocycles. The van der Waals surface area contributed by atoms with Gasteiger partial charge in [-0.05, 0) is 99.1 Å². The highest BCUT2D eigenvalue weighted by Gasteiger charge is 2.22. The lowest BCUT2D eigenvalue weighted by Gasteiger charge is -2.27. The van der Waals surface area contributed by atoms with Gasteiger partial charge in [-0.1, -0.05) is 133 Å². The van der Waals surface area contributed by atoms with Crippen LogP contribution in [0.4, 0.5) is 17.1 Å². The monoisotopic (exact) mass is 704 g/mol. The molecule has 55 heavy (non-hydrogen) atoms. The lowest BCUT2D eigenvalue weighted by molar-refractivity contribution is 0.615. The van der Waals surface area contributed by atoms with Crippen molar-refractivity contribution in [3.8, 4) is 33.7 Å². The fraction of sp³-hybridized carbons (Fsp3) is 0. The third kappa shape index (κ3) is 5.19. The molecule has 2 aromatic heterocycles. The number of hydrogen-bond acceptors (Lipinski definition) is 4. The first-order valence-corrected chi connectivity index (χ1v) is 18.5. The Labute approximate surface area is 317 Å². The second kappa shape index (κ2) is 12.6. The maximum absolute atomic E-state index is 6.70. The van der Waals surface area contributed by atoms with Crippen LogP contribution in [0, 0.1) is 0 Å². The van der Waals surface area contributed by atoms with Crippen LogP contribution in [0.15, 0.2) is 203 Å². The third-order valence-corrected chi connectivity index (χ3v) is 10.7. The number of fused-ring (bicyclic) bond motifs is 7. The summed E-state index contributed by atoms with van der Waals surface area (Å²) in [6.45, 7) is 0. The predicted octanol–water partition coefficient (Wildman–Crippen LogP) is 14.5. The number of hydrogen-bond donors (Lipinski definition) is 0. The Hall–Kier alpha value is -7.43. The molecule has 0 bridgehead atoms. The molecule has 0 amide bonds. The molecule has 0 saturated heterocycles. The number of furan rings is 1. The fourth-order valence-electron chi connectivity index (χ4n) is 8.11. The lowest BCUT2D eigenvalue weighted by Crippen LogP contribution is -2.10. The summed E-state index contributed by atoms with van der Waals surface area (Å²) in [5.41, 5.74) is 12.0. The molecule has 0 saturated carbocycles. The first kappa shape index (κ1) is 31.1. The second-order valence-corrected chi connectivity index (χ2v) is 13.9. The highest BCUT2D eigenvalue weighted by atomic mass is 16.4. The van der Waals surface area contributed by atoms with Crippen LogP contribution in [0.2, 0.25) is 0 Å². The maximum atomic E-state index is 6.70. The van der Waals surface area contributed by atoms with Crippen LogP contribution in [-0.4, -0.2) is 4.98 Å². The van der Waals surface area contributed by atoms with Crippen molar-refractivity contribution in [2.75, 3.05) is 4.90 Å². The highest BCUT2D eigenvalue weighted by molar-refractivity contribution is 6.23. The van der Waals surface area contributed by atoms with Gasteiger partial charge in [-0.15, -0.1) is 0 Å². The average Bonchev–Trinajstić information content (AvgIpc) is 3.87. The van der Waals surface area contributed by atoms with Gasteiger partial charge >= 0.3 is 0 Å². The number of para-hydroxylation sites is 3. The standard InChI is InChI=1S/C51H32N2O2/c1-3-13-33(14-4-1)34-23-26-38(27-24-34)53(37-16-5-2-6-17-37)46-29-28-39(41-19-9-10-20-42(41)46)36-25-30-47-43(31-36)49-40-18-8-7-15-35(40)32-44(50(49)54-47)51-52-45-21-11-12-22-48(45)55-51/h1-32H. The maximum Gasteiger partial charge on any atom is 0.231 e. The van der Waals surface area contributed by atoms with Crippen molar-refractivity contribution in [3.63, 3.8) is 0 Å². The Kier molecular flexibility index (Phi) is 7.14. The lowest BCUT2D eigenvalue weighted by atomic mass is 9.94. The van der Waals surface area contributed by atoms with Gasteiger partial charge in [-0.3, -0.25) is 0 Å². The first-order chi connectivity index (χ1) is 27.3. The van der Waals surface area contributed by atoms with Crippen molar-refractivity contribution in [1.29, 1.82) is 0 Å². The van der Waals surface area contributed by atoms with Crippen molar-refractivity contribution in [1.82, 2.24) is 4.98 Å². The van der Waals surface area contributed by atoms with Crippen molar-refractivity contribution in [3.05, 3.63) is 194 Å². The second-order valence-electron chi connectivity index (χ2n) is 13.9. The molecule has 0 atom stereocenters. The number of oxazole rings is 1. The van der Waals surface area contributed by atoms with Crippen LogP contribution in [0.1, 0.15) is 0 Å². The zero-order valence-corrected chi connectivity index (χ0v) is 29.7. The molecule has 9 aromatic carbocycles. The molecule has 0 aliphatic rings.